The Bertz CT molecular complexity index is 585. The predicted octanol–water partition coefficient (Wildman–Crippen LogP) is 3.25. The highest BCUT2D eigenvalue weighted by atomic mass is 19.4. The van der Waals surface area contributed by atoms with Crippen molar-refractivity contribution in [2.75, 3.05) is 20.0 Å². The van der Waals surface area contributed by atoms with Crippen molar-refractivity contribution < 1.29 is 60.0 Å². The number of esters is 1. The molecule has 31 heavy (non-hydrogen) atoms. The molecule has 13 heteroatoms. The molecule has 5 atom stereocenters. The Morgan fingerprint density at radius 3 is 1.55 bits per heavy atom. The van der Waals surface area contributed by atoms with Crippen LogP contribution >= 0.6 is 0 Å². The molecule has 3 N–H and O–H groups in total. The molecule has 1 rings (SSSR count). The number of hydrogen-bond acceptors (Lipinski definition) is 5. The number of carbonyl (C=O) groups is 1. The van der Waals surface area contributed by atoms with Gasteiger partial charge < -0.3 is 20.1 Å². The maximum atomic E-state index is 13.3. The van der Waals surface area contributed by atoms with E-state index < -0.39 is 92.1 Å². The largest absolute Gasteiger partial charge is 0.462 e. The highest BCUT2D eigenvalue weighted by molar-refractivity contribution is 5.76. The average Bonchev–Trinajstić information content (AvgIpc) is 2.69. The topological polar surface area (TPSA) is 87.0 Å². The van der Waals surface area contributed by atoms with Gasteiger partial charge in [-0.3, -0.25) is 4.79 Å². The van der Waals surface area contributed by atoms with E-state index in [9.17, 15) is 55.2 Å². The minimum absolute atomic E-state index is 0.00977. The van der Waals surface area contributed by atoms with Crippen molar-refractivity contribution in [3.05, 3.63) is 0 Å². The van der Waals surface area contributed by atoms with Crippen LogP contribution in [0.2, 0.25) is 0 Å². The standard InChI is InChI=1S/C18H26F8O5/c1-3-14(2,9-27)13(28)31-12-5-10(15(29,7-19)17(21,22)23)4-11(6-12)16(30,8-20)18(24,25)26/h10-12,27,29-30H,3-9H2,1-2H3. The molecule has 1 fully saturated rings. The molecule has 5 unspecified atom stereocenters. The number of alkyl halides is 8. The fourth-order valence-corrected chi connectivity index (χ4v) is 3.59. The summed E-state index contributed by atoms with van der Waals surface area (Å²) in [6.07, 6.45) is -15.9. The third-order valence-electron chi connectivity index (χ3n) is 6.30. The highest BCUT2D eigenvalue weighted by Gasteiger charge is 2.65. The van der Waals surface area contributed by atoms with Crippen LogP contribution in [-0.2, 0) is 9.53 Å². The van der Waals surface area contributed by atoms with Gasteiger partial charge in [0.25, 0.3) is 0 Å². The molecule has 0 spiro atoms. The lowest BCUT2D eigenvalue weighted by Crippen LogP contribution is -2.61. The molecule has 0 saturated heterocycles. The lowest BCUT2D eigenvalue weighted by molar-refractivity contribution is -0.311. The van der Waals surface area contributed by atoms with Gasteiger partial charge in [0.1, 0.15) is 19.5 Å². The Balaban J connectivity index is 3.39. The number of rotatable bonds is 8. The quantitative estimate of drug-likeness (QED) is 0.372. The smallest absolute Gasteiger partial charge is 0.420 e. The normalized spacial score (nSPS) is 28.9. The highest BCUT2D eigenvalue weighted by Crippen LogP contribution is 2.50. The molecule has 5 nitrogen and oxygen atoms in total. The maximum Gasteiger partial charge on any atom is 0.420 e. The second kappa shape index (κ2) is 9.34. The minimum Gasteiger partial charge on any atom is -0.462 e. The molecule has 1 saturated carbocycles. The minimum atomic E-state index is -5.60. The monoisotopic (exact) mass is 474 g/mol. The van der Waals surface area contributed by atoms with Crippen LogP contribution in [0.15, 0.2) is 0 Å². The van der Waals surface area contributed by atoms with E-state index >= 15 is 0 Å². The van der Waals surface area contributed by atoms with Crippen LogP contribution < -0.4 is 0 Å². The Kier molecular flexibility index (Phi) is 8.38. The molecule has 0 aromatic carbocycles. The predicted molar refractivity (Wildman–Crippen MR) is 90.2 cm³/mol. The molecule has 0 bridgehead atoms. The summed E-state index contributed by atoms with van der Waals surface area (Å²) in [5.74, 6) is -5.68. The van der Waals surface area contributed by atoms with Gasteiger partial charge in [-0.15, -0.1) is 0 Å². The molecule has 1 aliphatic carbocycles. The summed E-state index contributed by atoms with van der Waals surface area (Å²) in [4.78, 5) is 12.3. The second-order valence-electron chi connectivity index (χ2n) is 8.31. The van der Waals surface area contributed by atoms with Crippen molar-refractivity contribution in [3.8, 4) is 0 Å². The zero-order valence-electron chi connectivity index (χ0n) is 16.9. The van der Waals surface area contributed by atoms with E-state index in [1.807, 2.05) is 0 Å². The van der Waals surface area contributed by atoms with Crippen LogP contribution in [0.25, 0.3) is 0 Å². The van der Waals surface area contributed by atoms with Crippen LogP contribution in [-0.4, -0.2) is 70.9 Å². The van der Waals surface area contributed by atoms with Gasteiger partial charge in [0.15, 0.2) is 11.2 Å². The number of hydrogen-bond donors (Lipinski definition) is 3. The van der Waals surface area contributed by atoms with Gasteiger partial charge in [0.05, 0.1) is 12.0 Å². The van der Waals surface area contributed by atoms with Crippen molar-refractivity contribution in [2.24, 2.45) is 17.3 Å². The number of carbonyl (C=O) groups excluding carboxylic acids is 1. The molecule has 184 valence electrons. The third kappa shape index (κ3) is 5.24. The van der Waals surface area contributed by atoms with E-state index in [0.717, 1.165) is 0 Å². The van der Waals surface area contributed by atoms with Gasteiger partial charge >= 0.3 is 18.3 Å². The number of aliphatic hydroxyl groups excluding tert-OH is 1. The Morgan fingerprint density at radius 1 is 0.903 bits per heavy atom. The molecule has 0 aromatic heterocycles. The third-order valence-corrected chi connectivity index (χ3v) is 6.30. The SMILES string of the molecule is CCC(C)(CO)C(=O)OC1CC(C(O)(CF)C(F)(F)F)CC(C(O)(CF)C(F)(F)F)C1. The summed E-state index contributed by atoms with van der Waals surface area (Å²) < 4.78 is 112. The van der Waals surface area contributed by atoms with Crippen molar-refractivity contribution in [2.45, 2.75) is 69.2 Å². The first kappa shape index (κ1) is 27.8. The second-order valence-corrected chi connectivity index (χ2v) is 8.31. The maximum absolute atomic E-state index is 13.3. The van der Waals surface area contributed by atoms with E-state index in [1.165, 1.54) is 13.8 Å². The Labute approximate surface area is 173 Å². The van der Waals surface area contributed by atoms with Crippen molar-refractivity contribution >= 4 is 5.97 Å². The van der Waals surface area contributed by atoms with Crippen LogP contribution in [0.4, 0.5) is 35.1 Å². The van der Waals surface area contributed by atoms with Gasteiger partial charge in [-0.25, -0.2) is 8.78 Å². The fraction of sp³-hybridized carbons (Fsp3) is 0.944. The number of aliphatic hydroxyl groups is 3. The number of ether oxygens (including phenoxy) is 1. The lowest BCUT2D eigenvalue weighted by atomic mass is 9.66. The van der Waals surface area contributed by atoms with Gasteiger partial charge in [-0.2, -0.15) is 26.3 Å². The first-order valence-corrected chi connectivity index (χ1v) is 9.47. The Hall–Kier alpha value is -1.21. The molecule has 0 aliphatic heterocycles. The van der Waals surface area contributed by atoms with Gasteiger partial charge in [-0.1, -0.05) is 6.92 Å². The molecule has 0 aromatic rings. The zero-order chi connectivity index (χ0) is 24.5. The first-order valence-electron chi connectivity index (χ1n) is 9.47. The lowest BCUT2D eigenvalue weighted by Gasteiger charge is -2.47. The van der Waals surface area contributed by atoms with Crippen LogP contribution in [0, 0.1) is 17.3 Å². The summed E-state index contributed by atoms with van der Waals surface area (Å²) in [5, 5.41) is 29.2. The number of halogens is 8. The molecule has 0 heterocycles. The summed E-state index contributed by atoms with van der Waals surface area (Å²) in [7, 11) is 0. The molecular weight excluding hydrogens is 448 g/mol. The summed E-state index contributed by atoms with van der Waals surface area (Å²) in [5.41, 5.74) is -9.71. The van der Waals surface area contributed by atoms with Crippen molar-refractivity contribution in [3.63, 3.8) is 0 Å². The van der Waals surface area contributed by atoms with Crippen LogP contribution in [0.1, 0.15) is 39.5 Å². The van der Waals surface area contributed by atoms with E-state index in [4.69, 9.17) is 4.74 Å². The van der Waals surface area contributed by atoms with E-state index in [2.05, 4.69) is 0 Å². The summed E-state index contributed by atoms with van der Waals surface area (Å²) in [6, 6.07) is 0. The molecule has 1 aliphatic rings. The van der Waals surface area contributed by atoms with E-state index in [-0.39, 0.29) is 6.42 Å². The molecule has 0 amide bonds. The van der Waals surface area contributed by atoms with Gasteiger partial charge in [-0.05, 0) is 32.6 Å². The van der Waals surface area contributed by atoms with Crippen molar-refractivity contribution in [1.82, 2.24) is 0 Å². The molecule has 0 radical (unpaired) electrons. The van der Waals surface area contributed by atoms with Gasteiger partial charge in [0, 0.05) is 11.8 Å². The Morgan fingerprint density at radius 2 is 1.29 bits per heavy atom. The summed E-state index contributed by atoms with van der Waals surface area (Å²) >= 11 is 0. The first-order chi connectivity index (χ1) is 14.0. The zero-order valence-corrected chi connectivity index (χ0v) is 16.9. The van der Waals surface area contributed by atoms with Crippen molar-refractivity contribution in [1.29, 1.82) is 0 Å². The van der Waals surface area contributed by atoms with E-state index in [1.54, 1.807) is 0 Å². The van der Waals surface area contributed by atoms with Crippen LogP contribution in [0.5, 0.6) is 0 Å². The fourth-order valence-electron chi connectivity index (χ4n) is 3.59. The summed E-state index contributed by atoms with van der Waals surface area (Å²) in [6.45, 7) is -2.83. The van der Waals surface area contributed by atoms with Gasteiger partial charge in [0.2, 0.25) is 0 Å². The van der Waals surface area contributed by atoms with Crippen LogP contribution in [0.3, 0.4) is 0 Å². The van der Waals surface area contributed by atoms with E-state index in [0.29, 0.717) is 0 Å². The molecular formula is C18H26F8O5. The average molecular weight is 474 g/mol.